The van der Waals surface area contributed by atoms with Crippen molar-refractivity contribution in [3.05, 3.63) is 24.2 Å². The molecule has 1 aliphatic heterocycles. The summed E-state index contributed by atoms with van der Waals surface area (Å²) in [6, 6.07) is 2.34. The van der Waals surface area contributed by atoms with E-state index in [1.807, 2.05) is 0 Å². The number of hydrogen-bond donors (Lipinski definition) is 1. The van der Waals surface area contributed by atoms with Gasteiger partial charge < -0.3 is 19.5 Å². The van der Waals surface area contributed by atoms with E-state index < -0.39 is 18.8 Å². The highest BCUT2D eigenvalue weighted by molar-refractivity contribution is 5.91. The molecule has 0 atom stereocenters. The molecule has 0 spiro atoms. The topological polar surface area (TPSA) is 65.8 Å². The van der Waals surface area contributed by atoms with Gasteiger partial charge in [-0.25, -0.2) is 4.79 Å². The van der Waals surface area contributed by atoms with Gasteiger partial charge in [-0.05, 0) is 12.1 Å². The number of furan rings is 1. The van der Waals surface area contributed by atoms with Crippen molar-refractivity contribution in [3.63, 3.8) is 0 Å². The maximum Gasteiger partial charge on any atom is 0.405 e. The summed E-state index contributed by atoms with van der Waals surface area (Å²) in [7, 11) is 0. The van der Waals surface area contributed by atoms with Crippen molar-refractivity contribution < 1.29 is 27.2 Å². The summed E-state index contributed by atoms with van der Waals surface area (Å²) in [5.41, 5.74) is 0. The lowest BCUT2D eigenvalue weighted by Gasteiger charge is -2.34. The summed E-state index contributed by atoms with van der Waals surface area (Å²) in [6.45, 7) is -0.512. The Labute approximate surface area is 118 Å². The molecule has 1 N–H and O–H groups in total. The molecule has 0 aliphatic carbocycles. The Kier molecular flexibility index (Phi) is 4.39. The SMILES string of the molecule is O=C(NCC(F)(F)F)N1CCN(C(=O)c2ccco2)CC1. The lowest BCUT2D eigenvalue weighted by atomic mass is 10.3. The van der Waals surface area contributed by atoms with E-state index in [9.17, 15) is 22.8 Å². The molecule has 21 heavy (non-hydrogen) atoms. The third kappa shape index (κ3) is 4.14. The van der Waals surface area contributed by atoms with Gasteiger partial charge in [0.1, 0.15) is 6.54 Å². The van der Waals surface area contributed by atoms with Gasteiger partial charge in [0, 0.05) is 26.2 Å². The number of alkyl halides is 3. The molecule has 1 saturated heterocycles. The molecule has 1 aromatic rings. The molecule has 1 fully saturated rings. The Morgan fingerprint density at radius 2 is 1.81 bits per heavy atom. The van der Waals surface area contributed by atoms with Gasteiger partial charge in [0.2, 0.25) is 0 Å². The molecule has 6 nitrogen and oxygen atoms in total. The van der Waals surface area contributed by atoms with Crippen LogP contribution in [-0.2, 0) is 0 Å². The van der Waals surface area contributed by atoms with Gasteiger partial charge in [-0.1, -0.05) is 0 Å². The Hall–Kier alpha value is -2.19. The molecule has 0 radical (unpaired) electrons. The Balaban J connectivity index is 1.80. The van der Waals surface area contributed by atoms with Gasteiger partial charge in [0.15, 0.2) is 5.76 Å². The highest BCUT2D eigenvalue weighted by Gasteiger charge is 2.30. The maximum atomic E-state index is 12.0. The van der Waals surface area contributed by atoms with E-state index >= 15 is 0 Å². The van der Waals surface area contributed by atoms with Crippen LogP contribution in [0, 0.1) is 0 Å². The molecule has 0 unspecified atom stereocenters. The highest BCUT2D eigenvalue weighted by atomic mass is 19.4. The molecule has 0 saturated carbocycles. The second-order valence-electron chi connectivity index (χ2n) is 4.53. The number of piperazine rings is 1. The monoisotopic (exact) mass is 305 g/mol. The molecule has 2 heterocycles. The summed E-state index contributed by atoms with van der Waals surface area (Å²) in [5.74, 6) is -0.0969. The molecular formula is C12H14F3N3O3. The Morgan fingerprint density at radius 3 is 2.33 bits per heavy atom. The summed E-state index contributed by atoms with van der Waals surface area (Å²) in [6.07, 6.45) is -3.05. The number of carbonyl (C=O) groups excluding carboxylic acids is 2. The zero-order valence-corrected chi connectivity index (χ0v) is 11.0. The van der Waals surface area contributed by atoms with Gasteiger partial charge >= 0.3 is 12.2 Å². The van der Waals surface area contributed by atoms with Crippen LogP contribution in [-0.4, -0.2) is 60.6 Å². The van der Waals surface area contributed by atoms with Crippen LogP contribution in [0.15, 0.2) is 22.8 Å². The van der Waals surface area contributed by atoms with E-state index in [0.717, 1.165) is 0 Å². The number of nitrogens with zero attached hydrogens (tertiary/aromatic N) is 2. The first-order chi connectivity index (χ1) is 9.87. The number of carbonyl (C=O) groups is 2. The summed E-state index contributed by atoms with van der Waals surface area (Å²) in [5, 5.41) is 1.80. The van der Waals surface area contributed by atoms with Gasteiger partial charge in [0.25, 0.3) is 5.91 Å². The number of rotatable bonds is 2. The fourth-order valence-electron chi connectivity index (χ4n) is 1.96. The molecular weight excluding hydrogens is 291 g/mol. The van der Waals surface area contributed by atoms with Crippen LogP contribution in [0.4, 0.5) is 18.0 Å². The number of amides is 3. The van der Waals surface area contributed by atoms with E-state index in [0.29, 0.717) is 0 Å². The highest BCUT2D eigenvalue weighted by Crippen LogP contribution is 2.13. The number of nitrogens with one attached hydrogen (secondary N) is 1. The van der Waals surface area contributed by atoms with Gasteiger partial charge in [0.05, 0.1) is 6.26 Å². The lowest BCUT2D eigenvalue weighted by Crippen LogP contribution is -2.54. The average Bonchev–Trinajstić information content (AvgIpc) is 2.97. The van der Waals surface area contributed by atoms with Crippen LogP contribution in [0.1, 0.15) is 10.6 Å². The van der Waals surface area contributed by atoms with Crippen LogP contribution in [0.2, 0.25) is 0 Å². The quantitative estimate of drug-likeness (QED) is 0.896. The van der Waals surface area contributed by atoms with Crippen molar-refractivity contribution in [3.8, 4) is 0 Å². The minimum atomic E-state index is -4.44. The van der Waals surface area contributed by atoms with Crippen molar-refractivity contribution in [1.82, 2.24) is 15.1 Å². The standard InChI is InChI=1S/C12H14F3N3O3/c13-12(14,15)8-16-11(20)18-5-3-17(4-6-18)10(19)9-2-1-7-21-9/h1-2,7H,3-6,8H2,(H,16,20). The molecule has 116 valence electrons. The third-order valence-corrected chi connectivity index (χ3v) is 3.03. The zero-order valence-electron chi connectivity index (χ0n) is 11.0. The van der Waals surface area contributed by atoms with E-state index in [1.54, 1.807) is 11.4 Å². The molecule has 2 rings (SSSR count). The minimum Gasteiger partial charge on any atom is -0.459 e. The number of halogens is 3. The summed E-state index contributed by atoms with van der Waals surface area (Å²) >= 11 is 0. The van der Waals surface area contributed by atoms with Crippen molar-refractivity contribution in [1.29, 1.82) is 0 Å². The first-order valence-electron chi connectivity index (χ1n) is 6.29. The molecule has 9 heteroatoms. The van der Waals surface area contributed by atoms with Crippen LogP contribution < -0.4 is 5.32 Å². The summed E-state index contributed by atoms with van der Waals surface area (Å²) in [4.78, 5) is 26.2. The van der Waals surface area contributed by atoms with Crippen molar-refractivity contribution in [2.24, 2.45) is 0 Å². The third-order valence-electron chi connectivity index (χ3n) is 3.03. The van der Waals surface area contributed by atoms with E-state index in [2.05, 4.69) is 0 Å². The summed E-state index contributed by atoms with van der Waals surface area (Å²) < 4.78 is 41.0. The predicted octanol–water partition coefficient (Wildman–Crippen LogP) is 1.31. The van der Waals surface area contributed by atoms with Gasteiger partial charge in [-0.3, -0.25) is 4.79 Å². The van der Waals surface area contributed by atoms with Crippen LogP contribution in [0.5, 0.6) is 0 Å². The first kappa shape index (κ1) is 15.2. The Bertz CT molecular complexity index is 494. The second-order valence-corrected chi connectivity index (χ2v) is 4.53. The first-order valence-corrected chi connectivity index (χ1v) is 6.29. The molecule has 3 amide bonds. The van der Waals surface area contributed by atoms with Crippen LogP contribution in [0.3, 0.4) is 0 Å². The second kappa shape index (κ2) is 6.06. The maximum absolute atomic E-state index is 12.0. The minimum absolute atomic E-state index is 0.177. The smallest absolute Gasteiger partial charge is 0.405 e. The fourth-order valence-corrected chi connectivity index (χ4v) is 1.96. The van der Waals surface area contributed by atoms with Crippen LogP contribution >= 0.6 is 0 Å². The Morgan fingerprint density at radius 1 is 1.19 bits per heavy atom. The number of urea groups is 1. The lowest BCUT2D eigenvalue weighted by molar-refractivity contribution is -0.123. The van der Waals surface area contributed by atoms with Crippen molar-refractivity contribution in [2.75, 3.05) is 32.7 Å². The molecule has 0 aromatic carbocycles. The van der Waals surface area contributed by atoms with Gasteiger partial charge in [-0.15, -0.1) is 0 Å². The van der Waals surface area contributed by atoms with Crippen molar-refractivity contribution in [2.45, 2.75) is 6.18 Å². The van der Waals surface area contributed by atoms with E-state index in [1.165, 1.54) is 22.1 Å². The largest absolute Gasteiger partial charge is 0.459 e. The van der Waals surface area contributed by atoms with E-state index in [-0.39, 0.29) is 37.8 Å². The molecule has 1 aliphatic rings. The van der Waals surface area contributed by atoms with Crippen molar-refractivity contribution >= 4 is 11.9 Å². The normalized spacial score (nSPS) is 16.0. The van der Waals surface area contributed by atoms with E-state index in [4.69, 9.17) is 4.42 Å². The number of hydrogen-bond acceptors (Lipinski definition) is 3. The predicted molar refractivity (Wildman–Crippen MR) is 65.6 cm³/mol. The fraction of sp³-hybridized carbons (Fsp3) is 0.500. The molecule has 0 bridgehead atoms. The zero-order chi connectivity index (χ0) is 15.5. The van der Waals surface area contributed by atoms with Crippen LogP contribution in [0.25, 0.3) is 0 Å². The average molecular weight is 305 g/mol. The van der Waals surface area contributed by atoms with Gasteiger partial charge in [-0.2, -0.15) is 13.2 Å². The molecule has 1 aromatic heterocycles.